The Morgan fingerprint density at radius 2 is 1.61 bits per heavy atom. The number of benzene rings is 3. The van der Waals surface area contributed by atoms with Crippen molar-refractivity contribution in [1.82, 2.24) is 9.40 Å². The lowest BCUT2D eigenvalue weighted by Crippen LogP contribution is -2.23. The highest BCUT2D eigenvalue weighted by molar-refractivity contribution is 7.89. The fourth-order valence-electron chi connectivity index (χ4n) is 3.69. The first-order valence-electron chi connectivity index (χ1n) is 11.1. The molecule has 10 heteroatoms. The van der Waals surface area contributed by atoms with E-state index in [0.717, 1.165) is 5.56 Å². The quantitative estimate of drug-likeness (QED) is 0.264. The van der Waals surface area contributed by atoms with Gasteiger partial charge in [0.2, 0.25) is 5.88 Å². The summed E-state index contributed by atoms with van der Waals surface area (Å²) < 4.78 is 37.0. The second-order valence-corrected chi connectivity index (χ2v) is 9.44. The van der Waals surface area contributed by atoms with Gasteiger partial charge in [0, 0.05) is 10.8 Å². The van der Waals surface area contributed by atoms with Crippen molar-refractivity contribution >= 4 is 27.0 Å². The van der Waals surface area contributed by atoms with Crippen molar-refractivity contribution in [3.63, 3.8) is 0 Å². The van der Waals surface area contributed by atoms with E-state index in [4.69, 9.17) is 9.47 Å². The minimum Gasteiger partial charge on any atom is -0.497 e. The Bertz CT molecular complexity index is 1560. The van der Waals surface area contributed by atoms with Crippen LogP contribution >= 0.6 is 0 Å². The van der Waals surface area contributed by atoms with Crippen molar-refractivity contribution in [2.75, 3.05) is 13.7 Å². The summed E-state index contributed by atoms with van der Waals surface area (Å²) in [6.45, 7) is 2.39. The fourth-order valence-corrected chi connectivity index (χ4v) is 4.49. The molecular formula is C26H25N3O6S. The van der Waals surface area contributed by atoms with Crippen LogP contribution in [0.25, 0.3) is 10.8 Å². The van der Waals surface area contributed by atoms with Gasteiger partial charge >= 0.3 is 0 Å². The van der Waals surface area contributed by atoms with Gasteiger partial charge in [-0.15, -0.1) is 0 Å². The lowest BCUT2D eigenvalue weighted by Gasteiger charge is -2.14. The predicted octanol–water partition coefficient (Wildman–Crippen LogP) is 3.48. The van der Waals surface area contributed by atoms with E-state index in [2.05, 4.69) is 9.93 Å². The van der Waals surface area contributed by atoms with Crippen LogP contribution in [-0.4, -0.2) is 38.0 Å². The topological polar surface area (TPSA) is 119 Å². The van der Waals surface area contributed by atoms with Crippen molar-refractivity contribution in [3.05, 3.63) is 94.3 Å². The number of sulfonamides is 1. The maximum absolute atomic E-state index is 13.1. The van der Waals surface area contributed by atoms with E-state index in [1.54, 1.807) is 67.8 Å². The number of nitrogens with one attached hydrogen (secondary N) is 1. The number of aromatic hydroxyl groups is 1. The Hall–Kier alpha value is -4.31. The Labute approximate surface area is 208 Å². The van der Waals surface area contributed by atoms with Crippen LogP contribution in [0.15, 0.2) is 87.6 Å². The SMILES string of the molecule is CCOc1ccc(S(=O)(=O)NN=Cc2c(O)n(Cc3ccc(OC)cc3)c(=O)c3ccccc23)cc1. The molecule has 0 atom stereocenters. The highest BCUT2D eigenvalue weighted by Crippen LogP contribution is 2.24. The summed E-state index contributed by atoms with van der Waals surface area (Å²) in [7, 11) is -2.41. The second kappa shape index (κ2) is 10.5. The van der Waals surface area contributed by atoms with Crippen LogP contribution in [-0.2, 0) is 16.6 Å². The fraction of sp³-hybridized carbons (Fsp3) is 0.154. The van der Waals surface area contributed by atoms with Gasteiger partial charge in [0.05, 0.1) is 36.9 Å². The van der Waals surface area contributed by atoms with Gasteiger partial charge in [-0.25, -0.2) is 4.83 Å². The van der Waals surface area contributed by atoms with Gasteiger partial charge in [-0.05, 0) is 55.0 Å². The van der Waals surface area contributed by atoms with E-state index in [1.165, 1.54) is 22.9 Å². The van der Waals surface area contributed by atoms with Crippen LogP contribution in [0.2, 0.25) is 0 Å². The zero-order valence-corrected chi connectivity index (χ0v) is 20.5. The zero-order chi connectivity index (χ0) is 25.7. The zero-order valence-electron chi connectivity index (χ0n) is 19.7. The Morgan fingerprint density at radius 3 is 2.25 bits per heavy atom. The first kappa shape index (κ1) is 24.8. The van der Waals surface area contributed by atoms with Gasteiger partial charge in [-0.1, -0.05) is 30.3 Å². The summed E-state index contributed by atoms with van der Waals surface area (Å²) in [5.74, 6) is 0.885. The first-order chi connectivity index (χ1) is 17.3. The third-order valence-electron chi connectivity index (χ3n) is 5.50. The van der Waals surface area contributed by atoms with Crippen molar-refractivity contribution in [2.45, 2.75) is 18.4 Å². The van der Waals surface area contributed by atoms with E-state index in [-0.39, 0.29) is 28.4 Å². The molecule has 0 aliphatic rings. The molecule has 0 unspecified atom stereocenters. The van der Waals surface area contributed by atoms with Gasteiger partial charge in [0.25, 0.3) is 15.6 Å². The van der Waals surface area contributed by atoms with E-state index in [9.17, 15) is 18.3 Å². The lowest BCUT2D eigenvalue weighted by molar-refractivity contribution is 0.340. The molecule has 0 fully saturated rings. The van der Waals surface area contributed by atoms with Crippen molar-refractivity contribution in [3.8, 4) is 17.4 Å². The summed E-state index contributed by atoms with van der Waals surface area (Å²) in [5, 5.41) is 15.7. The Balaban J connectivity index is 1.68. The van der Waals surface area contributed by atoms with Crippen molar-refractivity contribution < 1.29 is 23.0 Å². The second-order valence-electron chi connectivity index (χ2n) is 7.78. The van der Waals surface area contributed by atoms with Crippen LogP contribution in [0, 0.1) is 0 Å². The average Bonchev–Trinajstić information content (AvgIpc) is 2.89. The highest BCUT2D eigenvalue weighted by Gasteiger charge is 2.17. The minimum atomic E-state index is -3.97. The van der Waals surface area contributed by atoms with Gasteiger partial charge in [0.15, 0.2) is 0 Å². The predicted molar refractivity (Wildman–Crippen MR) is 137 cm³/mol. The molecule has 0 aliphatic carbocycles. The Morgan fingerprint density at radius 1 is 0.972 bits per heavy atom. The lowest BCUT2D eigenvalue weighted by atomic mass is 10.1. The summed E-state index contributed by atoms with van der Waals surface area (Å²) >= 11 is 0. The van der Waals surface area contributed by atoms with Crippen LogP contribution < -0.4 is 19.9 Å². The largest absolute Gasteiger partial charge is 0.497 e. The molecule has 0 saturated carbocycles. The van der Waals surface area contributed by atoms with Crippen LogP contribution in [0.1, 0.15) is 18.1 Å². The molecule has 9 nitrogen and oxygen atoms in total. The third-order valence-corrected chi connectivity index (χ3v) is 6.74. The Kier molecular flexibility index (Phi) is 7.25. The van der Waals surface area contributed by atoms with Crippen LogP contribution in [0.3, 0.4) is 0 Å². The molecule has 0 amide bonds. The van der Waals surface area contributed by atoms with Gasteiger partial charge < -0.3 is 14.6 Å². The third kappa shape index (κ3) is 5.18. The van der Waals surface area contributed by atoms with Gasteiger partial charge in [-0.3, -0.25) is 9.36 Å². The number of fused-ring (bicyclic) bond motifs is 1. The summed E-state index contributed by atoms with van der Waals surface area (Å²) in [6, 6.07) is 19.8. The highest BCUT2D eigenvalue weighted by atomic mass is 32.2. The molecule has 4 rings (SSSR count). The smallest absolute Gasteiger partial charge is 0.276 e. The molecular weight excluding hydrogens is 482 g/mol. The number of hydrogen-bond acceptors (Lipinski definition) is 7. The van der Waals surface area contributed by atoms with Crippen LogP contribution in [0.4, 0.5) is 0 Å². The maximum atomic E-state index is 13.1. The molecule has 0 bridgehead atoms. The van der Waals surface area contributed by atoms with Crippen LogP contribution in [0.5, 0.6) is 17.4 Å². The molecule has 186 valence electrons. The number of hydrogen-bond donors (Lipinski definition) is 2. The number of nitrogens with zero attached hydrogens (tertiary/aromatic N) is 2. The number of aromatic nitrogens is 1. The maximum Gasteiger partial charge on any atom is 0.276 e. The van der Waals surface area contributed by atoms with E-state index in [1.807, 2.05) is 6.92 Å². The van der Waals surface area contributed by atoms with E-state index >= 15 is 0 Å². The van der Waals surface area contributed by atoms with Gasteiger partial charge in [-0.2, -0.15) is 13.5 Å². The van der Waals surface area contributed by atoms with E-state index in [0.29, 0.717) is 28.9 Å². The molecule has 3 aromatic carbocycles. The van der Waals surface area contributed by atoms with Crippen molar-refractivity contribution in [1.29, 1.82) is 0 Å². The number of methoxy groups -OCH3 is 1. The monoisotopic (exact) mass is 507 g/mol. The summed E-state index contributed by atoms with van der Waals surface area (Å²) in [5.41, 5.74) is 0.585. The molecule has 0 saturated heterocycles. The summed E-state index contributed by atoms with van der Waals surface area (Å²) in [6.07, 6.45) is 1.19. The molecule has 0 radical (unpaired) electrons. The van der Waals surface area contributed by atoms with Gasteiger partial charge in [0.1, 0.15) is 11.5 Å². The molecule has 36 heavy (non-hydrogen) atoms. The molecule has 0 spiro atoms. The van der Waals surface area contributed by atoms with Crippen molar-refractivity contribution in [2.24, 2.45) is 5.10 Å². The molecule has 4 aromatic rings. The molecule has 2 N–H and O–H groups in total. The molecule has 0 aliphatic heterocycles. The van der Waals surface area contributed by atoms with E-state index < -0.39 is 10.0 Å². The first-order valence-corrected chi connectivity index (χ1v) is 12.6. The minimum absolute atomic E-state index is 0.00154. The number of pyridine rings is 1. The normalized spacial score (nSPS) is 11.6. The average molecular weight is 508 g/mol. The standard InChI is InChI=1S/C26H25N3O6S/c1-3-35-20-12-14-21(15-13-20)36(32,33)28-27-16-24-22-6-4-5-7-23(22)25(30)29(26(24)31)17-18-8-10-19(34-2)11-9-18/h4-16,28,31H,3,17H2,1-2H3. The molecule has 1 heterocycles. The number of rotatable bonds is 9. The number of ether oxygens (including phenoxy) is 2. The summed E-state index contributed by atoms with van der Waals surface area (Å²) in [4.78, 5) is 15.3. The number of hydrazone groups is 1. The molecule has 1 aromatic heterocycles.